The van der Waals surface area contributed by atoms with Crippen LogP contribution in [0.15, 0.2) is 29.2 Å². The first-order valence-electron chi connectivity index (χ1n) is 5.37. The monoisotopic (exact) mass is 255 g/mol. The van der Waals surface area contributed by atoms with E-state index in [4.69, 9.17) is 9.84 Å². The minimum Gasteiger partial charge on any atom is -0.395 e. The van der Waals surface area contributed by atoms with Crippen molar-refractivity contribution in [2.45, 2.75) is 4.90 Å². The molecule has 1 aromatic rings. The Morgan fingerprint density at radius 2 is 2.00 bits per heavy atom. The molecule has 5 heteroatoms. The molecule has 0 heterocycles. The van der Waals surface area contributed by atoms with Crippen LogP contribution < -0.4 is 0 Å². The molecule has 1 rings (SSSR count). The van der Waals surface area contributed by atoms with Crippen LogP contribution in [0.2, 0.25) is 0 Å². The largest absolute Gasteiger partial charge is 0.395 e. The lowest BCUT2D eigenvalue weighted by Crippen LogP contribution is -2.36. The second kappa shape index (κ2) is 7.32. The summed E-state index contributed by atoms with van der Waals surface area (Å²) in [5, 5.41) is 8.93. The lowest BCUT2D eigenvalue weighted by molar-refractivity contribution is 0.0656. The van der Waals surface area contributed by atoms with Crippen molar-refractivity contribution >= 4 is 18.5 Å². The molecule has 0 bridgehead atoms. The summed E-state index contributed by atoms with van der Waals surface area (Å²) in [6, 6.07) is 6.98. The van der Waals surface area contributed by atoms with Crippen molar-refractivity contribution in [1.29, 1.82) is 0 Å². The number of hydrogen-bond donors (Lipinski definition) is 2. The van der Waals surface area contributed by atoms with E-state index in [2.05, 4.69) is 12.6 Å². The van der Waals surface area contributed by atoms with Crippen molar-refractivity contribution in [3.63, 3.8) is 0 Å². The Morgan fingerprint density at radius 1 is 1.35 bits per heavy atom. The number of ether oxygens (including phenoxy) is 1. The summed E-state index contributed by atoms with van der Waals surface area (Å²) in [4.78, 5) is 14.5. The van der Waals surface area contributed by atoms with Crippen LogP contribution in [0.5, 0.6) is 0 Å². The number of aliphatic hydroxyl groups excluding tert-OH is 1. The van der Waals surface area contributed by atoms with E-state index in [1.54, 1.807) is 36.3 Å². The van der Waals surface area contributed by atoms with Crippen molar-refractivity contribution in [2.24, 2.45) is 0 Å². The Hall–Kier alpha value is -1.04. The molecular formula is C12H17NO3S. The van der Waals surface area contributed by atoms with Crippen molar-refractivity contribution in [3.05, 3.63) is 29.8 Å². The number of rotatable bonds is 6. The molecule has 0 aliphatic carbocycles. The third-order valence-electron chi connectivity index (χ3n) is 2.34. The van der Waals surface area contributed by atoms with Gasteiger partial charge in [-0.1, -0.05) is 0 Å². The van der Waals surface area contributed by atoms with Gasteiger partial charge < -0.3 is 14.7 Å². The molecule has 0 spiro atoms. The molecule has 0 aliphatic rings. The number of carbonyl (C=O) groups is 1. The zero-order valence-electron chi connectivity index (χ0n) is 9.80. The number of methoxy groups -OCH3 is 1. The zero-order valence-corrected chi connectivity index (χ0v) is 10.7. The van der Waals surface area contributed by atoms with Crippen LogP contribution in [0.25, 0.3) is 0 Å². The molecule has 0 aliphatic heterocycles. The van der Waals surface area contributed by atoms with Gasteiger partial charge in [0.05, 0.1) is 13.2 Å². The van der Waals surface area contributed by atoms with Gasteiger partial charge in [0.25, 0.3) is 5.91 Å². The summed E-state index contributed by atoms with van der Waals surface area (Å²) in [6.45, 7) is 1.18. The van der Waals surface area contributed by atoms with Gasteiger partial charge in [0, 0.05) is 30.7 Å². The second-order valence-corrected chi connectivity index (χ2v) is 4.07. The maximum Gasteiger partial charge on any atom is 0.254 e. The lowest BCUT2D eigenvalue weighted by Gasteiger charge is -2.21. The van der Waals surface area contributed by atoms with Gasteiger partial charge in [-0.15, -0.1) is 12.6 Å². The molecular weight excluding hydrogens is 238 g/mol. The van der Waals surface area contributed by atoms with Gasteiger partial charge in [0.15, 0.2) is 0 Å². The molecule has 1 N–H and O–H groups in total. The van der Waals surface area contributed by atoms with Crippen LogP contribution in [0.4, 0.5) is 0 Å². The summed E-state index contributed by atoms with van der Waals surface area (Å²) in [5.41, 5.74) is 0.590. The molecule has 1 aromatic carbocycles. The molecule has 94 valence electrons. The molecule has 1 amide bonds. The Bertz CT molecular complexity index is 353. The number of hydrogen-bond acceptors (Lipinski definition) is 4. The third-order valence-corrected chi connectivity index (χ3v) is 2.63. The van der Waals surface area contributed by atoms with E-state index >= 15 is 0 Å². The standard InChI is InChI=1S/C12H17NO3S/c1-16-9-7-13(6-8-14)12(15)10-2-4-11(17)5-3-10/h2-5,14,17H,6-9H2,1H3. The fraction of sp³-hybridized carbons (Fsp3) is 0.417. The SMILES string of the molecule is COCCN(CCO)C(=O)c1ccc(S)cc1. The fourth-order valence-corrected chi connectivity index (χ4v) is 1.57. The van der Waals surface area contributed by atoms with Crippen LogP contribution in [0.1, 0.15) is 10.4 Å². The van der Waals surface area contributed by atoms with Gasteiger partial charge in [-0.3, -0.25) is 4.79 Å². The molecule has 0 atom stereocenters. The first-order chi connectivity index (χ1) is 8.19. The normalized spacial score (nSPS) is 10.3. The second-order valence-electron chi connectivity index (χ2n) is 3.56. The molecule has 0 saturated heterocycles. The van der Waals surface area contributed by atoms with E-state index < -0.39 is 0 Å². The molecule has 0 unspecified atom stereocenters. The van der Waals surface area contributed by atoms with Crippen LogP contribution in [-0.2, 0) is 4.74 Å². The highest BCUT2D eigenvalue weighted by atomic mass is 32.1. The summed E-state index contributed by atoms with van der Waals surface area (Å²) in [7, 11) is 1.58. The smallest absolute Gasteiger partial charge is 0.254 e. The van der Waals surface area contributed by atoms with Gasteiger partial charge in [-0.2, -0.15) is 0 Å². The number of benzene rings is 1. The van der Waals surface area contributed by atoms with Crippen molar-refractivity contribution in [2.75, 3.05) is 33.4 Å². The van der Waals surface area contributed by atoms with Gasteiger partial charge in [-0.25, -0.2) is 0 Å². The molecule has 4 nitrogen and oxygen atoms in total. The minimum absolute atomic E-state index is 0.0555. The van der Waals surface area contributed by atoms with Gasteiger partial charge in [0.1, 0.15) is 0 Å². The Kier molecular flexibility index (Phi) is 6.04. The fourth-order valence-electron chi connectivity index (χ4n) is 1.42. The predicted molar refractivity (Wildman–Crippen MR) is 68.6 cm³/mol. The predicted octanol–water partition coefficient (Wildman–Crippen LogP) is 1.06. The number of amides is 1. The maximum atomic E-state index is 12.1. The summed E-state index contributed by atoms with van der Waals surface area (Å²) in [5.74, 6) is -0.107. The quantitative estimate of drug-likeness (QED) is 0.747. The van der Waals surface area contributed by atoms with Crippen LogP contribution in [-0.4, -0.2) is 49.3 Å². The maximum absolute atomic E-state index is 12.1. The van der Waals surface area contributed by atoms with E-state index in [-0.39, 0.29) is 12.5 Å². The Balaban J connectivity index is 2.72. The lowest BCUT2D eigenvalue weighted by atomic mass is 10.2. The first kappa shape index (κ1) is 14.0. The number of carbonyl (C=O) groups excluding carboxylic acids is 1. The molecule has 0 saturated carbocycles. The number of thiol groups is 1. The average molecular weight is 255 g/mol. The van der Waals surface area contributed by atoms with Crippen molar-refractivity contribution in [1.82, 2.24) is 4.90 Å². The summed E-state index contributed by atoms with van der Waals surface area (Å²) < 4.78 is 4.94. The third kappa shape index (κ3) is 4.38. The van der Waals surface area contributed by atoms with E-state index in [9.17, 15) is 4.79 Å². The topological polar surface area (TPSA) is 49.8 Å². The highest BCUT2D eigenvalue weighted by molar-refractivity contribution is 7.80. The van der Waals surface area contributed by atoms with Gasteiger partial charge in [-0.05, 0) is 24.3 Å². The van der Waals surface area contributed by atoms with Crippen molar-refractivity contribution < 1.29 is 14.6 Å². The van der Waals surface area contributed by atoms with Crippen LogP contribution in [0, 0.1) is 0 Å². The van der Waals surface area contributed by atoms with Crippen LogP contribution in [0.3, 0.4) is 0 Å². The van der Waals surface area contributed by atoms with E-state index in [0.29, 0.717) is 25.3 Å². The van der Waals surface area contributed by atoms with E-state index in [1.807, 2.05) is 0 Å². The Morgan fingerprint density at radius 3 is 2.53 bits per heavy atom. The number of nitrogens with zero attached hydrogens (tertiary/aromatic N) is 1. The van der Waals surface area contributed by atoms with Crippen LogP contribution >= 0.6 is 12.6 Å². The molecule has 17 heavy (non-hydrogen) atoms. The van der Waals surface area contributed by atoms with Gasteiger partial charge in [0.2, 0.25) is 0 Å². The van der Waals surface area contributed by atoms with Gasteiger partial charge >= 0.3 is 0 Å². The number of aliphatic hydroxyl groups is 1. The average Bonchev–Trinajstić information content (AvgIpc) is 2.34. The highest BCUT2D eigenvalue weighted by Crippen LogP contribution is 2.10. The van der Waals surface area contributed by atoms with E-state index in [1.165, 1.54) is 0 Å². The summed E-state index contributed by atoms with van der Waals surface area (Å²) >= 11 is 4.16. The summed E-state index contributed by atoms with van der Waals surface area (Å²) in [6.07, 6.45) is 0. The first-order valence-corrected chi connectivity index (χ1v) is 5.82. The molecule has 0 fully saturated rings. The van der Waals surface area contributed by atoms with E-state index in [0.717, 1.165) is 4.90 Å². The Labute approximate surface area is 107 Å². The molecule has 0 aromatic heterocycles. The van der Waals surface area contributed by atoms with Crippen molar-refractivity contribution in [3.8, 4) is 0 Å². The highest BCUT2D eigenvalue weighted by Gasteiger charge is 2.14. The molecule has 0 radical (unpaired) electrons. The minimum atomic E-state index is -0.107. The zero-order chi connectivity index (χ0) is 12.7.